The molecule has 1 aliphatic rings. The van der Waals surface area contributed by atoms with E-state index in [4.69, 9.17) is 0 Å². The van der Waals surface area contributed by atoms with Crippen LogP contribution in [0.25, 0.3) is 0 Å². The van der Waals surface area contributed by atoms with Crippen LogP contribution < -0.4 is 0 Å². The Morgan fingerprint density at radius 3 is 2.73 bits per heavy atom. The van der Waals surface area contributed by atoms with Gasteiger partial charge in [0.25, 0.3) is 0 Å². The van der Waals surface area contributed by atoms with Crippen molar-refractivity contribution in [3.05, 3.63) is 0 Å². The van der Waals surface area contributed by atoms with Crippen LogP contribution in [0.4, 0.5) is 0 Å². The van der Waals surface area contributed by atoms with Crippen molar-refractivity contribution in [1.82, 2.24) is 4.90 Å². The summed E-state index contributed by atoms with van der Waals surface area (Å²) in [4.78, 5) is 2.55. The standard InChI is InChI=1S/C9H18BrN/c1-9(2)4-3-6-11(8-9)7-5-10/h3-8H2,1-2H3. The Morgan fingerprint density at radius 1 is 1.45 bits per heavy atom. The quantitative estimate of drug-likeness (QED) is 0.646. The first-order chi connectivity index (χ1) is 5.14. The molecule has 66 valence electrons. The van der Waals surface area contributed by atoms with E-state index in [2.05, 4.69) is 34.7 Å². The smallest absolute Gasteiger partial charge is 0.0159 e. The summed E-state index contributed by atoms with van der Waals surface area (Å²) in [5.41, 5.74) is 0.556. The Bertz CT molecular complexity index is 121. The number of piperidine rings is 1. The zero-order valence-electron chi connectivity index (χ0n) is 7.57. The molecule has 0 spiro atoms. The van der Waals surface area contributed by atoms with E-state index >= 15 is 0 Å². The predicted molar refractivity (Wildman–Crippen MR) is 53.2 cm³/mol. The number of alkyl halides is 1. The van der Waals surface area contributed by atoms with Crippen LogP contribution >= 0.6 is 15.9 Å². The number of likely N-dealkylation sites (tertiary alicyclic amines) is 1. The van der Waals surface area contributed by atoms with Crippen molar-refractivity contribution in [2.24, 2.45) is 5.41 Å². The number of halogens is 1. The van der Waals surface area contributed by atoms with Gasteiger partial charge in [0.1, 0.15) is 0 Å². The maximum Gasteiger partial charge on any atom is 0.0159 e. The molecule has 1 saturated heterocycles. The normalized spacial score (nSPS) is 25.4. The molecule has 0 aliphatic carbocycles. The van der Waals surface area contributed by atoms with E-state index in [1.165, 1.54) is 32.5 Å². The van der Waals surface area contributed by atoms with E-state index < -0.39 is 0 Å². The second-order valence-electron chi connectivity index (χ2n) is 4.23. The maximum atomic E-state index is 3.48. The van der Waals surface area contributed by atoms with Gasteiger partial charge in [-0.3, -0.25) is 0 Å². The van der Waals surface area contributed by atoms with Gasteiger partial charge in [-0.15, -0.1) is 0 Å². The number of nitrogens with zero attached hydrogens (tertiary/aromatic N) is 1. The van der Waals surface area contributed by atoms with Crippen LogP contribution in [-0.4, -0.2) is 29.9 Å². The van der Waals surface area contributed by atoms with Gasteiger partial charge in [-0.05, 0) is 24.8 Å². The fraction of sp³-hybridized carbons (Fsp3) is 1.00. The largest absolute Gasteiger partial charge is 0.302 e. The molecule has 2 heteroatoms. The van der Waals surface area contributed by atoms with Crippen molar-refractivity contribution in [1.29, 1.82) is 0 Å². The summed E-state index contributed by atoms with van der Waals surface area (Å²) in [5.74, 6) is 0. The van der Waals surface area contributed by atoms with E-state index in [0.717, 1.165) is 5.33 Å². The van der Waals surface area contributed by atoms with Crippen LogP contribution in [0.3, 0.4) is 0 Å². The molecular formula is C9H18BrN. The highest BCUT2D eigenvalue weighted by atomic mass is 79.9. The lowest BCUT2D eigenvalue weighted by Crippen LogP contribution is -2.40. The molecular weight excluding hydrogens is 202 g/mol. The SMILES string of the molecule is CC1(C)CCCN(CCBr)C1. The minimum atomic E-state index is 0.556. The Hall–Kier alpha value is 0.440. The van der Waals surface area contributed by atoms with Gasteiger partial charge >= 0.3 is 0 Å². The van der Waals surface area contributed by atoms with Crippen molar-refractivity contribution < 1.29 is 0 Å². The highest BCUT2D eigenvalue weighted by molar-refractivity contribution is 9.09. The average Bonchev–Trinajstić information content (AvgIpc) is 1.85. The number of rotatable bonds is 2. The van der Waals surface area contributed by atoms with E-state index in [1.54, 1.807) is 0 Å². The van der Waals surface area contributed by atoms with Gasteiger partial charge in [0, 0.05) is 18.4 Å². The summed E-state index contributed by atoms with van der Waals surface area (Å²) in [7, 11) is 0. The molecule has 0 radical (unpaired) electrons. The molecule has 1 fully saturated rings. The number of hydrogen-bond acceptors (Lipinski definition) is 1. The van der Waals surface area contributed by atoms with E-state index in [1.807, 2.05) is 0 Å². The lowest BCUT2D eigenvalue weighted by molar-refractivity contribution is 0.124. The molecule has 0 saturated carbocycles. The van der Waals surface area contributed by atoms with Crippen molar-refractivity contribution in [3.63, 3.8) is 0 Å². The second kappa shape index (κ2) is 3.90. The highest BCUT2D eigenvalue weighted by Crippen LogP contribution is 2.27. The average molecular weight is 220 g/mol. The molecule has 1 heterocycles. The molecule has 1 aliphatic heterocycles. The monoisotopic (exact) mass is 219 g/mol. The minimum absolute atomic E-state index is 0.556. The van der Waals surface area contributed by atoms with Crippen molar-refractivity contribution >= 4 is 15.9 Å². The molecule has 0 aromatic carbocycles. The molecule has 0 aromatic heterocycles. The van der Waals surface area contributed by atoms with Crippen LogP contribution in [0.1, 0.15) is 26.7 Å². The summed E-state index contributed by atoms with van der Waals surface area (Å²) in [6, 6.07) is 0. The zero-order chi connectivity index (χ0) is 8.32. The van der Waals surface area contributed by atoms with Gasteiger partial charge < -0.3 is 4.90 Å². The summed E-state index contributed by atoms with van der Waals surface area (Å²) in [5, 5.41) is 1.11. The summed E-state index contributed by atoms with van der Waals surface area (Å²) in [6.45, 7) is 8.53. The Balaban J connectivity index is 2.34. The van der Waals surface area contributed by atoms with E-state index in [-0.39, 0.29) is 0 Å². The van der Waals surface area contributed by atoms with Crippen LogP contribution in [0.5, 0.6) is 0 Å². The maximum absolute atomic E-state index is 3.48. The Kier molecular flexibility index (Phi) is 3.38. The summed E-state index contributed by atoms with van der Waals surface area (Å²) >= 11 is 3.48. The summed E-state index contributed by atoms with van der Waals surface area (Å²) < 4.78 is 0. The van der Waals surface area contributed by atoms with Crippen molar-refractivity contribution in [2.45, 2.75) is 26.7 Å². The lowest BCUT2D eigenvalue weighted by Gasteiger charge is -2.37. The topological polar surface area (TPSA) is 3.24 Å². The molecule has 11 heavy (non-hydrogen) atoms. The Morgan fingerprint density at radius 2 is 2.18 bits per heavy atom. The van der Waals surface area contributed by atoms with Crippen LogP contribution in [0.15, 0.2) is 0 Å². The fourth-order valence-corrected chi connectivity index (χ4v) is 2.36. The molecule has 1 rings (SSSR count). The van der Waals surface area contributed by atoms with Gasteiger partial charge in [-0.2, -0.15) is 0 Å². The Labute approximate surface area is 78.3 Å². The molecule has 0 bridgehead atoms. The van der Waals surface area contributed by atoms with Crippen LogP contribution in [-0.2, 0) is 0 Å². The minimum Gasteiger partial charge on any atom is -0.302 e. The first-order valence-corrected chi connectivity index (χ1v) is 5.54. The van der Waals surface area contributed by atoms with Gasteiger partial charge in [0.2, 0.25) is 0 Å². The fourth-order valence-electron chi connectivity index (χ4n) is 1.86. The predicted octanol–water partition coefficient (Wildman–Crippen LogP) is 2.50. The van der Waals surface area contributed by atoms with Gasteiger partial charge in [0.15, 0.2) is 0 Å². The zero-order valence-corrected chi connectivity index (χ0v) is 9.15. The summed E-state index contributed by atoms with van der Waals surface area (Å²) in [6.07, 6.45) is 2.77. The third-order valence-corrected chi connectivity index (χ3v) is 2.73. The lowest BCUT2D eigenvalue weighted by atomic mass is 9.84. The third kappa shape index (κ3) is 3.12. The molecule has 0 atom stereocenters. The van der Waals surface area contributed by atoms with Crippen LogP contribution in [0, 0.1) is 5.41 Å². The highest BCUT2D eigenvalue weighted by Gasteiger charge is 2.25. The van der Waals surface area contributed by atoms with Gasteiger partial charge in [-0.25, -0.2) is 0 Å². The first-order valence-electron chi connectivity index (χ1n) is 4.42. The second-order valence-corrected chi connectivity index (χ2v) is 5.03. The van der Waals surface area contributed by atoms with Crippen molar-refractivity contribution in [2.75, 3.05) is 25.0 Å². The van der Waals surface area contributed by atoms with E-state index in [9.17, 15) is 0 Å². The molecule has 0 unspecified atom stereocenters. The van der Waals surface area contributed by atoms with Gasteiger partial charge in [-0.1, -0.05) is 29.8 Å². The number of hydrogen-bond donors (Lipinski definition) is 0. The third-order valence-electron chi connectivity index (χ3n) is 2.38. The molecule has 0 aromatic rings. The first kappa shape index (κ1) is 9.53. The molecule has 0 amide bonds. The van der Waals surface area contributed by atoms with E-state index in [0.29, 0.717) is 5.41 Å². The molecule has 0 N–H and O–H groups in total. The van der Waals surface area contributed by atoms with Gasteiger partial charge in [0.05, 0.1) is 0 Å². The molecule has 1 nitrogen and oxygen atoms in total. The van der Waals surface area contributed by atoms with Crippen molar-refractivity contribution in [3.8, 4) is 0 Å². The van der Waals surface area contributed by atoms with Crippen LogP contribution in [0.2, 0.25) is 0 Å².